The first kappa shape index (κ1) is 20.1. The van der Waals surface area contributed by atoms with E-state index >= 15 is 0 Å². The molecular formula is C23H32FN5. The van der Waals surface area contributed by atoms with Crippen molar-refractivity contribution in [2.75, 3.05) is 17.7 Å². The average Bonchev–Trinajstić information content (AvgIpc) is 3.05. The molecule has 0 saturated carbocycles. The Morgan fingerprint density at radius 1 is 1.07 bits per heavy atom. The Labute approximate surface area is 173 Å². The minimum Gasteiger partial charge on any atom is -0.365 e. The van der Waals surface area contributed by atoms with Crippen LogP contribution in [0.5, 0.6) is 0 Å². The summed E-state index contributed by atoms with van der Waals surface area (Å²) in [5.41, 5.74) is 2.70. The molecule has 2 N–H and O–H groups in total. The topological polar surface area (TPSA) is 53.1 Å². The van der Waals surface area contributed by atoms with Crippen molar-refractivity contribution < 1.29 is 4.39 Å². The highest BCUT2D eigenvalue weighted by Gasteiger charge is 2.43. The molecule has 1 aromatic heterocycles. The Bertz CT molecular complexity index is 877. The molecule has 156 valence electrons. The van der Waals surface area contributed by atoms with E-state index in [4.69, 9.17) is 0 Å². The van der Waals surface area contributed by atoms with Crippen molar-refractivity contribution in [3.63, 3.8) is 0 Å². The van der Waals surface area contributed by atoms with Gasteiger partial charge < -0.3 is 10.6 Å². The Balaban J connectivity index is 1.51. The second-order valence-corrected chi connectivity index (χ2v) is 9.76. The number of piperidine rings is 1. The number of nitrogens with one attached hydrogen (secondary N) is 2. The highest BCUT2D eigenvalue weighted by Crippen LogP contribution is 2.38. The molecule has 1 atom stereocenters. The third-order valence-corrected chi connectivity index (χ3v) is 6.83. The zero-order valence-corrected chi connectivity index (χ0v) is 18.1. The highest BCUT2D eigenvalue weighted by atomic mass is 19.1. The molecule has 0 bridgehead atoms. The number of hydrogen-bond donors (Lipinski definition) is 2. The quantitative estimate of drug-likeness (QED) is 0.778. The van der Waals surface area contributed by atoms with Crippen LogP contribution in [-0.4, -0.2) is 39.0 Å². The molecule has 29 heavy (non-hydrogen) atoms. The lowest BCUT2D eigenvalue weighted by atomic mass is 9.77. The maximum absolute atomic E-state index is 14.5. The van der Waals surface area contributed by atoms with Gasteiger partial charge in [0, 0.05) is 17.1 Å². The van der Waals surface area contributed by atoms with Crippen LogP contribution in [0.2, 0.25) is 0 Å². The fourth-order valence-corrected chi connectivity index (χ4v) is 5.07. The normalized spacial score (nSPS) is 23.6. The van der Waals surface area contributed by atoms with Gasteiger partial charge in [-0.15, -0.1) is 0 Å². The van der Waals surface area contributed by atoms with E-state index in [0.717, 1.165) is 25.7 Å². The van der Waals surface area contributed by atoms with Gasteiger partial charge in [0.25, 0.3) is 0 Å². The van der Waals surface area contributed by atoms with Crippen LogP contribution in [0.15, 0.2) is 30.5 Å². The smallest absolute Gasteiger partial charge is 0.225 e. The summed E-state index contributed by atoms with van der Waals surface area (Å²) in [4.78, 5) is 11.1. The van der Waals surface area contributed by atoms with Crippen molar-refractivity contribution in [2.24, 2.45) is 0 Å². The van der Waals surface area contributed by atoms with E-state index in [0.29, 0.717) is 5.95 Å². The molecule has 5 nitrogen and oxygen atoms in total. The third kappa shape index (κ3) is 3.95. The lowest BCUT2D eigenvalue weighted by Gasteiger charge is -2.53. The standard InChI is InChI=1S/C23H32FN5/c1-22(2)12-16(13-23(3,4)29(22)5)26-20-18(24)14-25-21(28-20)27-19-11-10-15-8-6-7-9-17(15)19/h6-9,14,16,19H,10-13H2,1-5H3,(H2,25,26,27,28). The van der Waals surface area contributed by atoms with E-state index in [1.54, 1.807) is 0 Å². The fraction of sp³-hybridized carbons (Fsp3) is 0.565. The van der Waals surface area contributed by atoms with Gasteiger partial charge in [0.1, 0.15) is 0 Å². The van der Waals surface area contributed by atoms with Gasteiger partial charge >= 0.3 is 0 Å². The van der Waals surface area contributed by atoms with Crippen molar-refractivity contribution in [2.45, 2.75) is 76.5 Å². The molecule has 6 heteroatoms. The number of anilines is 2. The molecule has 0 radical (unpaired) electrons. The number of fused-ring (bicyclic) bond motifs is 1. The van der Waals surface area contributed by atoms with Crippen LogP contribution in [0.1, 0.15) is 64.1 Å². The van der Waals surface area contributed by atoms with Crippen LogP contribution >= 0.6 is 0 Å². The summed E-state index contributed by atoms with van der Waals surface area (Å²) in [6.07, 6.45) is 5.16. The van der Waals surface area contributed by atoms with Crippen LogP contribution in [0.4, 0.5) is 16.2 Å². The largest absolute Gasteiger partial charge is 0.365 e. The van der Waals surface area contributed by atoms with Crippen LogP contribution < -0.4 is 10.6 Å². The lowest BCUT2D eigenvalue weighted by Crippen LogP contribution is -2.61. The van der Waals surface area contributed by atoms with Gasteiger partial charge in [-0.25, -0.2) is 9.37 Å². The zero-order chi connectivity index (χ0) is 20.8. The first-order chi connectivity index (χ1) is 13.7. The number of rotatable bonds is 4. The molecule has 0 spiro atoms. The van der Waals surface area contributed by atoms with Gasteiger partial charge in [0.05, 0.1) is 12.2 Å². The summed E-state index contributed by atoms with van der Waals surface area (Å²) in [5.74, 6) is 0.355. The minimum atomic E-state index is -0.406. The van der Waals surface area contributed by atoms with Crippen molar-refractivity contribution in [1.82, 2.24) is 14.9 Å². The van der Waals surface area contributed by atoms with E-state index in [2.05, 4.69) is 84.5 Å². The third-order valence-electron chi connectivity index (χ3n) is 6.83. The summed E-state index contributed by atoms with van der Waals surface area (Å²) < 4.78 is 14.5. The summed E-state index contributed by atoms with van der Waals surface area (Å²) in [7, 11) is 2.17. The molecule has 1 fully saturated rings. The predicted octanol–water partition coefficient (Wildman–Crippen LogP) is 4.78. The Kier molecular flexibility index (Phi) is 5.01. The summed E-state index contributed by atoms with van der Waals surface area (Å²) >= 11 is 0. The zero-order valence-electron chi connectivity index (χ0n) is 18.1. The molecule has 2 aromatic rings. The van der Waals surface area contributed by atoms with E-state index in [1.807, 2.05) is 0 Å². The summed E-state index contributed by atoms with van der Waals surface area (Å²) in [5, 5.41) is 6.78. The monoisotopic (exact) mass is 397 g/mol. The molecule has 1 aliphatic heterocycles. The van der Waals surface area contributed by atoms with Crippen LogP contribution in [0.3, 0.4) is 0 Å². The second-order valence-electron chi connectivity index (χ2n) is 9.76. The van der Waals surface area contributed by atoms with Crippen LogP contribution in [0.25, 0.3) is 0 Å². The minimum absolute atomic E-state index is 0.0254. The van der Waals surface area contributed by atoms with Gasteiger partial charge in [-0.1, -0.05) is 24.3 Å². The van der Waals surface area contributed by atoms with Crippen LogP contribution in [0, 0.1) is 5.82 Å². The predicted molar refractivity (Wildman–Crippen MR) is 116 cm³/mol. The maximum Gasteiger partial charge on any atom is 0.225 e. The van der Waals surface area contributed by atoms with Gasteiger partial charge in [-0.3, -0.25) is 4.90 Å². The molecule has 0 amide bonds. The van der Waals surface area contributed by atoms with Gasteiger partial charge in [-0.05, 0) is 71.6 Å². The number of nitrogens with zero attached hydrogens (tertiary/aromatic N) is 3. The number of aromatic nitrogens is 2. The Morgan fingerprint density at radius 2 is 1.76 bits per heavy atom. The molecular weight excluding hydrogens is 365 g/mol. The Morgan fingerprint density at radius 3 is 2.48 bits per heavy atom. The summed E-state index contributed by atoms with van der Waals surface area (Å²) in [6.45, 7) is 8.96. The molecule has 1 aromatic carbocycles. The number of hydrogen-bond acceptors (Lipinski definition) is 5. The highest BCUT2D eigenvalue weighted by molar-refractivity contribution is 5.45. The maximum atomic E-state index is 14.5. The number of aryl methyl sites for hydroxylation is 1. The van der Waals surface area contributed by atoms with Crippen molar-refractivity contribution in [1.29, 1.82) is 0 Å². The Hall–Kier alpha value is -2.21. The van der Waals surface area contributed by atoms with Crippen molar-refractivity contribution >= 4 is 11.8 Å². The molecule has 4 rings (SSSR count). The van der Waals surface area contributed by atoms with Gasteiger partial charge in [0.15, 0.2) is 11.6 Å². The second kappa shape index (κ2) is 7.24. The van der Waals surface area contributed by atoms with E-state index in [9.17, 15) is 4.39 Å². The number of halogens is 1. The van der Waals surface area contributed by atoms with E-state index in [1.165, 1.54) is 17.3 Å². The fourth-order valence-electron chi connectivity index (χ4n) is 5.07. The first-order valence-electron chi connectivity index (χ1n) is 10.5. The van der Waals surface area contributed by atoms with Crippen LogP contribution in [-0.2, 0) is 6.42 Å². The van der Waals surface area contributed by atoms with E-state index < -0.39 is 5.82 Å². The molecule has 1 saturated heterocycles. The van der Waals surface area contributed by atoms with Gasteiger partial charge in [-0.2, -0.15) is 4.98 Å². The summed E-state index contributed by atoms with van der Waals surface area (Å²) in [6, 6.07) is 8.76. The number of benzene rings is 1. The van der Waals surface area contributed by atoms with Gasteiger partial charge in [0.2, 0.25) is 5.95 Å². The average molecular weight is 398 g/mol. The molecule has 2 aliphatic rings. The SMILES string of the molecule is CN1C(C)(C)CC(Nc2nc(NC3CCc4ccccc43)ncc2F)CC1(C)C. The molecule has 1 aliphatic carbocycles. The lowest BCUT2D eigenvalue weighted by molar-refractivity contribution is -0.00778. The van der Waals surface area contributed by atoms with Crippen molar-refractivity contribution in [3.8, 4) is 0 Å². The van der Waals surface area contributed by atoms with E-state index in [-0.39, 0.29) is 29.0 Å². The molecule has 2 heterocycles. The van der Waals surface area contributed by atoms with Crippen molar-refractivity contribution in [3.05, 3.63) is 47.4 Å². The number of likely N-dealkylation sites (tertiary alicyclic amines) is 1. The molecule has 1 unspecified atom stereocenters. The first-order valence-corrected chi connectivity index (χ1v) is 10.5.